The SMILES string of the molecule is CC(=O)O[C@@H]1C[C@H]2[C@@]3(C)C[C@@H]1C(=O)[C@]2(C)CC3=O. The Bertz CT molecular complexity index is 468. The number of carbonyl (C=O) groups excluding carboxylic acids is 3. The van der Waals surface area contributed by atoms with E-state index in [9.17, 15) is 14.4 Å². The average molecular weight is 250 g/mol. The summed E-state index contributed by atoms with van der Waals surface area (Å²) in [5.41, 5.74) is -0.880. The number of hydrogen-bond donors (Lipinski definition) is 0. The lowest BCUT2D eigenvalue weighted by atomic mass is 9.50. The van der Waals surface area contributed by atoms with Crippen LogP contribution in [0.5, 0.6) is 0 Å². The summed E-state index contributed by atoms with van der Waals surface area (Å²) in [4.78, 5) is 35.8. The van der Waals surface area contributed by atoms with E-state index in [0.29, 0.717) is 19.3 Å². The highest BCUT2D eigenvalue weighted by Gasteiger charge is 2.70. The van der Waals surface area contributed by atoms with Gasteiger partial charge in [0, 0.05) is 24.2 Å². The molecule has 98 valence electrons. The molecule has 0 aromatic heterocycles. The van der Waals surface area contributed by atoms with Crippen LogP contribution in [-0.2, 0) is 19.1 Å². The van der Waals surface area contributed by atoms with E-state index in [4.69, 9.17) is 4.74 Å². The minimum atomic E-state index is -0.509. The van der Waals surface area contributed by atoms with Gasteiger partial charge in [-0.25, -0.2) is 0 Å². The van der Waals surface area contributed by atoms with Crippen molar-refractivity contribution in [2.24, 2.45) is 22.7 Å². The van der Waals surface area contributed by atoms with Crippen LogP contribution in [-0.4, -0.2) is 23.6 Å². The predicted octanol–water partition coefficient (Wildman–Crippen LogP) is 1.51. The highest BCUT2D eigenvalue weighted by molar-refractivity contribution is 6.02. The van der Waals surface area contributed by atoms with E-state index in [1.54, 1.807) is 0 Å². The number of ether oxygens (including phenoxy) is 1. The molecule has 5 atom stereocenters. The molecule has 0 heterocycles. The summed E-state index contributed by atoms with van der Waals surface area (Å²) < 4.78 is 5.27. The molecule has 0 aliphatic heterocycles. The molecule has 4 rings (SSSR count). The largest absolute Gasteiger partial charge is 0.462 e. The molecule has 4 fully saturated rings. The summed E-state index contributed by atoms with van der Waals surface area (Å²) in [6, 6.07) is 0. The molecule has 4 bridgehead atoms. The maximum absolute atomic E-state index is 12.5. The highest BCUT2D eigenvalue weighted by Crippen LogP contribution is 2.66. The Labute approximate surface area is 106 Å². The number of esters is 1. The van der Waals surface area contributed by atoms with Crippen LogP contribution in [0.15, 0.2) is 0 Å². The molecule has 0 N–H and O–H groups in total. The van der Waals surface area contributed by atoms with Crippen LogP contribution < -0.4 is 0 Å². The van der Waals surface area contributed by atoms with Crippen molar-refractivity contribution < 1.29 is 19.1 Å². The van der Waals surface area contributed by atoms with E-state index in [2.05, 4.69) is 0 Å². The van der Waals surface area contributed by atoms with Gasteiger partial charge in [0.2, 0.25) is 0 Å². The lowest BCUT2D eigenvalue weighted by Gasteiger charge is -2.53. The average Bonchev–Trinajstić information content (AvgIpc) is 2.42. The minimum absolute atomic E-state index is 0.0411. The van der Waals surface area contributed by atoms with E-state index in [-0.39, 0.29) is 40.9 Å². The Morgan fingerprint density at radius 1 is 1.28 bits per heavy atom. The topological polar surface area (TPSA) is 60.4 Å². The standard InChI is InChI=1S/C14H18O4/c1-7(15)18-9-4-10-13(2)5-8(9)12(17)14(10,3)6-11(13)16/h8-10H,4-6H2,1-3H3/t8-,9+,10-,13+,14+/m0/s1. The number of fused-ring (bicyclic) bond motifs is 1. The van der Waals surface area contributed by atoms with Gasteiger partial charge >= 0.3 is 5.97 Å². The zero-order valence-corrected chi connectivity index (χ0v) is 11.0. The highest BCUT2D eigenvalue weighted by atomic mass is 16.5. The first-order valence-electron chi connectivity index (χ1n) is 6.54. The van der Waals surface area contributed by atoms with Gasteiger partial charge < -0.3 is 4.74 Å². The molecule has 0 spiro atoms. The van der Waals surface area contributed by atoms with Crippen molar-refractivity contribution in [2.75, 3.05) is 0 Å². The Hall–Kier alpha value is -1.19. The van der Waals surface area contributed by atoms with Crippen molar-refractivity contribution in [2.45, 2.75) is 46.1 Å². The zero-order chi connectivity index (χ0) is 13.3. The molecule has 0 amide bonds. The molecule has 4 nitrogen and oxygen atoms in total. The third kappa shape index (κ3) is 1.19. The van der Waals surface area contributed by atoms with Crippen molar-refractivity contribution in [1.82, 2.24) is 0 Å². The van der Waals surface area contributed by atoms with Crippen LogP contribution in [0.4, 0.5) is 0 Å². The normalized spacial score (nSPS) is 49.6. The summed E-state index contributed by atoms with van der Waals surface area (Å²) in [5, 5.41) is 0. The van der Waals surface area contributed by atoms with E-state index in [1.165, 1.54) is 6.92 Å². The fraction of sp³-hybridized carbons (Fsp3) is 0.786. The predicted molar refractivity (Wildman–Crippen MR) is 62.6 cm³/mol. The number of Topliss-reactive ketones (excluding diaryl/α,β-unsaturated/α-hetero) is 2. The van der Waals surface area contributed by atoms with Crippen molar-refractivity contribution in [3.63, 3.8) is 0 Å². The van der Waals surface area contributed by atoms with Gasteiger partial charge in [-0.05, 0) is 18.8 Å². The molecule has 0 aromatic carbocycles. The van der Waals surface area contributed by atoms with Crippen molar-refractivity contribution in [1.29, 1.82) is 0 Å². The molecule has 0 radical (unpaired) electrons. The molecule has 4 aliphatic carbocycles. The lowest BCUT2D eigenvalue weighted by Crippen LogP contribution is -2.58. The molecule has 0 aromatic rings. The van der Waals surface area contributed by atoms with Gasteiger partial charge in [-0.2, -0.15) is 0 Å². The minimum Gasteiger partial charge on any atom is -0.462 e. The summed E-state index contributed by atoms with van der Waals surface area (Å²) in [6.45, 7) is 5.27. The Kier molecular flexibility index (Phi) is 2.13. The van der Waals surface area contributed by atoms with Gasteiger partial charge in [0.05, 0.1) is 5.92 Å². The number of hydrogen-bond acceptors (Lipinski definition) is 4. The van der Waals surface area contributed by atoms with Crippen LogP contribution in [0.3, 0.4) is 0 Å². The van der Waals surface area contributed by atoms with E-state index >= 15 is 0 Å². The molecule has 4 heteroatoms. The van der Waals surface area contributed by atoms with Gasteiger partial charge in [0.25, 0.3) is 0 Å². The number of ketones is 2. The first-order valence-corrected chi connectivity index (χ1v) is 6.54. The zero-order valence-electron chi connectivity index (χ0n) is 11.0. The monoisotopic (exact) mass is 250 g/mol. The number of rotatable bonds is 1. The molecule has 0 unspecified atom stereocenters. The quantitative estimate of drug-likeness (QED) is 0.662. The molecule has 18 heavy (non-hydrogen) atoms. The van der Waals surface area contributed by atoms with Crippen LogP contribution >= 0.6 is 0 Å². The second-order valence-corrected chi connectivity index (χ2v) is 6.55. The van der Waals surface area contributed by atoms with Crippen molar-refractivity contribution in [3.8, 4) is 0 Å². The number of carbonyl (C=O) groups is 3. The summed E-state index contributed by atoms with van der Waals surface area (Å²) in [7, 11) is 0. The Balaban J connectivity index is 2.00. The first kappa shape index (κ1) is 11.9. The summed E-state index contributed by atoms with van der Waals surface area (Å²) >= 11 is 0. The maximum Gasteiger partial charge on any atom is 0.302 e. The second-order valence-electron chi connectivity index (χ2n) is 6.55. The van der Waals surface area contributed by atoms with E-state index in [0.717, 1.165) is 0 Å². The van der Waals surface area contributed by atoms with Gasteiger partial charge in [0.1, 0.15) is 17.7 Å². The van der Waals surface area contributed by atoms with E-state index < -0.39 is 5.41 Å². The van der Waals surface area contributed by atoms with Gasteiger partial charge in [-0.1, -0.05) is 13.8 Å². The van der Waals surface area contributed by atoms with Crippen LogP contribution in [0.2, 0.25) is 0 Å². The molecule has 0 saturated heterocycles. The summed E-state index contributed by atoms with van der Waals surface area (Å²) in [5.74, 6) is -0.227. The third-order valence-electron chi connectivity index (χ3n) is 5.48. The van der Waals surface area contributed by atoms with Crippen LogP contribution in [0.1, 0.15) is 40.0 Å². The first-order chi connectivity index (χ1) is 8.29. The second kappa shape index (κ2) is 3.22. The molecular weight excluding hydrogens is 232 g/mol. The van der Waals surface area contributed by atoms with Gasteiger partial charge in [0.15, 0.2) is 0 Å². The molecule has 4 saturated carbocycles. The van der Waals surface area contributed by atoms with Gasteiger partial charge in [-0.3, -0.25) is 14.4 Å². The van der Waals surface area contributed by atoms with Crippen molar-refractivity contribution >= 4 is 17.5 Å². The smallest absolute Gasteiger partial charge is 0.302 e. The fourth-order valence-electron chi connectivity index (χ4n) is 4.60. The van der Waals surface area contributed by atoms with Crippen LogP contribution in [0.25, 0.3) is 0 Å². The Morgan fingerprint density at radius 2 is 1.94 bits per heavy atom. The third-order valence-corrected chi connectivity index (χ3v) is 5.48. The fourth-order valence-corrected chi connectivity index (χ4v) is 4.60. The van der Waals surface area contributed by atoms with E-state index in [1.807, 2.05) is 13.8 Å². The maximum atomic E-state index is 12.5. The summed E-state index contributed by atoms with van der Waals surface area (Å²) in [6.07, 6.45) is 1.28. The molecule has 4 aliphatic rings. The van der Waals surface area contributed by atoms with Gasteiger partial charge in [-0.15, -0.1) is 0 Å². The van der Waals surface area contributed by atoms with Crippen molar-refractivity contribution in [3.05, 3.63) is 0 Å². The van der Waals surface area contributed by atoms with Crippen LogP contribution in [0, 0.1) is 22.7 Å². The molecular formula is C14H18O4. The lowest BCUT2D eigenvalue weighted by molar-refractivity contribution is -0.176. The Morgan fingerprint density at radius 3 is 2.56 bits per heavy atom.